The minimum atomic E-state index is -0.467. The van der Waals surface area contributed by atoms with E-state index in [0.717, 1.165) is 70.6 Å². The van der Waals surface area contributed by atoms with Gasteiger partial charge in [0.25, 0.3) is 0 Å². The van der Waals surface area contributed by atoms with Gasteiger partial charge in [0, 0.05) is 21.3 Å². The highest BCUT2D eigenvalue weighted by Crippen LogP contribution is 2.33. The van der Waals surface area contributed by atoms with E-state index in [0.29, 0.717) is 6.61 Å². The van der Waals surface area contributed by atoms with E-state index in [2.05, 4.69) is 6.92 Å². The highest BCUT2D eigenvalue weighted by Gasteiger charge is 2.38. The Hall–Kier alpha value is -0.850. The normalized spacial score (nSPS) is 24.5. The zero-order valence-electron chi connectivity index (χ0n) is 31.7. The number of rotatable bonds is 28. The molecule has 2 saturated heterocycles. The van der Waals surface area contributed by atoms with Crippen LogP contribution in [0.25, 0.3) is 0 Å². The molecule has 2 aliphatic rings. The van der Waals surface area contributed by atoms with E-state index in [1.165, 1.54) is 44.9 Å². The monoisotopic (exact) mass is 689 g/mol. The summed E-state index contributed by atoms with van der Waals surface area (Å²) in [6.45, 7) is 9.06. The first-order chi connectivity index (χ1) is 23.2. The molecular weight excluding hydrogens is 616 g/mol. The van der Waals surface area contributed by atoms with Gasteiger partial charge in [-0.2, -0.15) is 0 Å². The Kier molecular flexibility index (Phi) is 23.5. The summed E-state index contributed by atoms with van der Waals surface area (Å²) in [5.41, 5.74) is -0.467. The lowest BCUT2D eigenvalue weighted by molar-refractivity contribution is -0.211. The molecule has 2 rings (SSSR count). The molecule has 0 spiro atoms. The molecule has 2 aliphatic heterocycles. The van der Waals surface area contributed by atoms with Crippen molar-refractivity contribution in [3.05, 3.63) is 0 Å². The summed E-state index contributed by atoms with van der Waals surface area (Å²) in [6, 6.07) is 0. The van der Waals surface area contributed by atoms with Gasteiger partial charge >= 0.3 is 5.97 Å². The molecular formula is C38H72O10. The third kappa shape index (κ3) is 17.9. The lowest BCUT2D eigenvalue weighted by Gasteiger charge is -2.40. The molecule has 0 aromatic heterocycles. The number of methoxy groups -OCH3 is 3. The average molecular weight is 689 g/mol. The van der Waals surface area contributed by atoms with E-state index < -0.39 is 5.41 Å². The number of hydrogen-bond acceptors (Lipinski definition) is 10. The van der Waals surface area contributed by atoms with E-state index in [9.17, 15) is 4.79 Å². The van der Waals surface area contributed by atoms with Crippen molar-refractivity contribution in [3.63, 3.8) is 0 Å². The maximum Gasteiger partial charge on any atom is 0.311 e. The van der Waals surface area contributed by atoms with Crippen LogP contribution >= 0.6 is 0 Å². The summed E-state index contributed by atoms with van der Waals surface area (Å²) in [4.78, 5) is 12.0. The Morgan fingerprint density at radius 3 is 1.85 bits per heavy atom. The SMILES string of the molecule is CCCCCCCCCC[C@@H]1O[C@H]([C@H](CC[C@H](OCOC)[C@@H]2CC[C@@H](CCCCOC(=O)C(C)(C)C)O2)OCOC)CC[C@H]1OCOC. The topological polar surface area (TPSA) is 100 Å². The summed E-state index contributed by atoms with van der Waals surface area (Å²) in [5.74, 6) is -0.150. The zero-order valence-corrected chi connectivity index (χ0v) is 31.7. The van der Waals surface area contributed by atoms with Crippen LogP contribution in [-0.2, 0) is 47.4 Å². The van der Waals surface area contributed by atoms with Gasteiger partial charge in [-0.1, -0.05) is 58.3 Å². The summed E-state index contributed by atoms with van der Waals surface area (Å²) in [7, 11) is 4.97. The van der Waals surface area contributed by atoms with Gasteiger partial charge in [0.1, 0.15) is 20.4 Å². The highest BCUT2D eigenvalue weighted by molar-refractivity contribution is 5.75. The molecule has 0 radical (unpaired) electrons. The van der Waals surface area contributed by atoms with E-state index in [1.54, 1.807) is 21.3 Å². The molecule has 10 heteroatoms. The first-order valence-corrected chi connectivity index (χ1v) is 19.0. The van der Waals surface area contributed by atoms with Gasteiger partial charge in [0.2, 0.25) is 0 Å². The summed E-state index contributed by atoms with van der Waals surface area (Å²) < 4.78 is 53.1. The van der Waals surface area contributed by atoms with Gasteiger partial charge in [-0.15, -0.1) is 0 Å². The number of ether oxygens (including phenoxy) is 9. The second-order valence-corrected chi connectivity index (χ2v) is 14.7. The van der Waals surface area contributed by atoms with Gasteiger partial charge in [-0.3, -0.25) is 4.79 Å². The Morgan fingerprint density at radius 1 is 0.688 bits per heavy atom. The van der Waals surface area contributed by atoms with Crippen molar-refractivity contribution in [2.75, 3.05) is 48.3 Å². The fourth-order valence-corrected chi connectivity index (χ4v) is 6.71. The van der Waals surface area contributed by atoms with Crippen molar-refractivity contribution < 1.29 is 47.4 Å². The molecule has 284 valence electrons. The van der Waals surface area contributed by atoms with Crippen molar-refractivity contribution in [2.45, 2.75) is 186 Å². The van der Waals surface area contributed by atoms with Crippen LogP contribution in [0.2, 0.25) is 0 Å². The quantitative estimate of drug-likeness (QED) is 0.0455. The predicted molar refractivity (Wildman–Crippen MR) is 187 cm³/mol. The van der Waals surface area contributed by atoms with Gasteiger partial charge in [0.05, 0.1) is 54.7 Å². The van der Waals surface area contributed by atoms with Crippen LogP contribution in [-0.4, -0.2) is 97.0 Å². The summed E-state index contributed by atoms with van der Waals surface area (Å²) >= 11 is 0. The van der Waals surface area contributed by atoms with Crippen molar-refractivity contribution in [1.82, 2.24) is 0 Å². The number of esters is 1. The number of unbranched alkanes of at least 4 members (excludes halogenated alkanes) is 8. The maximum absolute atomic E-state index is 12.0. The average Bonchev–Trinajstić information content (AvgIpc) is 3.54. The number of carbonyl (C=O) groups is 1. The fraction of sp³-hybridized carbons (Fsp3) is 0.974. The number of carbonyl (C=O) groups excluding carboxylic acids is 1. The Bertz CT molecular complexity index is 790. The van der Waals surface area contributed by atoms with Crippen molar-refractivity contribution >= 4 is 5.97 Å². The van der Waals surface area contributed by atoms with E-state index in [1.807, 2.05) is 20.8 Å². The fourth-order valence-electron chi connectivity index (χ4n) is 6.71. The van der Waals surface area contributed by atoms with Crippen molar-refractivity contribution in [3.8, 4) is 0 Å². The molecule has 2 fully saturated rings. The Labute approximate surface area is 292 Å². The van der Waals surface area contributed by atoms with Crippen LogP contribution in [0.4, 0.5) is 0 Å². The van der Waals surface area contributed by atoms with Gasteiger partial charge in [0.15, 0.2) is 0 Å². The third-order valence-electron chi connectivity index (χ3n) is 9.51. The minimum absolute atomic E-state index is 0.000706. The smallest absolute Gasteiger partial charge is 0.311 e. The van der Waals surface area contributed by atoms with Crippen LogP contribution in [0.15, 0.2) is 0 Å². The third-order valence-corrected chi connectivity index (χ3v) is 9.51. The predicted octanol–water partition coefficient (Wildman–Crippen LogP) is 8.12. The molecule has 10 nitrogen and oxygen atoms in total. The molecule has 0 bridgehead atoms. The molecule has 0 aliphatic carbocycles. The largest absolute Gasteiger partial charge is 0.465 e. The van der Waals surface area contributed by atoms with Crippen molar-refractivity contribution in [2.24, 2.45) is 5.41 Å². The van der Waals surface area contributed by atoms with Crippen LogP contribution in [0.5, 0.6) is 0 Å². The van der Waals surface area contributed by atoms with Gasteiger partial charge in [-0.25, -0.2) is 0 Å². The Balaban J connectivity index is 1.89. The molecule has 0 N–H and O–H groups in total. The van der Waals surface area contributed by atoms with Crippen LogP contribution in [0, 0.1) is 5.41 Å². The minimum Gasteiger partial charge on any atom is -0.465 e. The van der Waals surface area contributed by atoms with Crippen LogP contribution in [0.3, 0.4) is 0 Å². The second kappa shape index (κ2) is 26.0. The highest BCUT2D eigenvalue weighted by atomic mass is 16.7. The standard InChI is InChI=1S/C38H72O10/c1-8-9-10-11-12-13-14-15-19-34-31(44-27-40-5)24-25-36(48-34)33(46-29-42-7)23-22-32(45-28-41-6)35-21-20-30(47-35)18-16-17-26-43-37(39)38(2,3)4/h30-36H,8-29H2,1-7H3/t30-,31-,32+,33+,34+,35+,36+/m1/s1. The molecule has 7 atom stereocenters. The van der Waals surface area contributed by atoms with Gasteiger partial charge in [-0.05, 0) is 85.0 Å². The summed E-state index contributed by atoms with van der Waals surface area (Å²) in [5, 5.41) is 0. The van der Waals surface area contributed by atoms with Gasteiger partial charge < -0.3 is 42.6 Å². The molecule has 48 heavy (non-hydrogen) atoms. The van der Waals surface area contributed by atoms with E-state index in [-0.39, 0.29) is 69.1 Å². The van der Waals surface area contributed by atoms with Crippen LogP contribution in [0.1, 0.15) is 143 Å². The zero-order chi connectivity index (χ0) is 35.0. The first kappa shape index (κ1) is 43.3. The molecule has 0 unspecified atom stereocenters. The van der Waals surface area contributed by atoms with E-state index >= 15 is 0 Å². The first-order valence-electron chi connectivity index (χ1n) is 19.0. The van der Waals surface area contributed by atoms with E-state index in [4.69, 9.17) is 42.6 Å². The number of hydrogen-bond donors (Lipinski definition) is 0. The molecule has 2 heterocycles. The lowest BCUT2D eigenvalue weighted by atomic mass is 9.92. The summed E-state index contributed by atoms with van der Waals surface area (Å²) in [6.07, 6.45) is 19.2. The Morgan fingerprint density at radius 2 is 1.25 bits per heavy atom. The second-order valence-electron chi connectivity index (χ2n) is 14.7. The van der Waals surface area contributed by atoms with Crippen LogP contribution < -0.4 is 0 Å². The molecule has 0 saturated carbocycles. The maximum atomic E-state index is 12.0. The lowest BCUT2D eigenvalue weighted by Crippen LogP contribution is -2.46. The van der Waals surface area contributed by atoms with Crippen molar-refractivity contribution in [1.29, 1.82) is 0 Å². The molecule has 0 aromatic rings. The molecule has 0 amide bonds. The molecule has 0 aromatic carbocycles.